The molecule has 2 aromatic carbocycles. The first-order valence-corrected chi connectivity index (χ1v) is 9.67. The van der Waals surface area contributed by atoms with Crippen LogP contribution >= 0.6 is 0 Å². The highest BCUT2D eigenvalue weighted by molar-refractivity contribution is 5.91. The molecule has 27 heavy (non-hydrogen) atoms. The Hall–Kier alpha value is -2.49. The van der Waals surface area contributed by atoms with Crippen molar-refractivity contribution < 1.29 is 9.53 Å². The van der Waals surface area contributed by atoms with Crippen molar-refractivity contribution in [3.05, 3.63) is 58.7 Å². The molecule has 0 saturated carbocycles. The second-order valence-electron chi connectivity index (χ2n) is 8.25. The third-order valence-electron chi connectivity index (χ3n) is 4.87. The SMILES string of the molecule is Cc1cccc2c1N(C(=O)OC(C)(C)C)CC2.Cc1cccc2c1NCC2. The van der Waals surface area contributed by atoms with Gasteiger partial charge in [-0.05, 0) is 69.7 Å². The average molecular weight is 367 g/mol. The lowest BCUT2D eigenvalue weighted by Gasteiger charge is -2.25. The predicted molar refractivity (Wildman–Crippen MR) is 112 cm³/mol. The zero-order valence-electron chi connectivity index (χ0n) is 17.1. The van der Waals surface area contributed by atoms with Gasteiger partial charge in [-0.1, -0.05) is 36.4 Å². The van der Waals surface area contributed by atoms with E-state index in [4.69, 9.17) is 4.74 Å². The van der Waals surface area contributed by atoms with Gasteiger partial charge in [0.1, 0.15) is 5.60 Å². The minimum absolute atomic E-state index is 0.245. The molecule has 0 aliphatic carbocycles. The van der Waals surface area contributed by atoms with Crippen LogP contribution in [0, 0.1) is 13.8 Å². The minimum Gasteiger partial charge on any atom is -0.443 e. The first-order chi connectivity index (χ1) is 12.8. The Kier molecular flexibility index (Phi) is 5.45. The van der Waals surface area contributed by atoms with Gasteiger partial charge in [0.15, 0.2) is 0 Å². The smallest absolute Gasteiger partial charge is 0.414 e. The summed E-state index contributed by atoms with van der Waals surface area (Å²) in [5.74, 6) is 0. The Bertz CT molecular complexity index is 837. The van der Waals surface area contributed by atoms with Crippen molar-refractivity contribution in [3.8, 4) is 0 Å². The fraction of sp³-hybridized carbons (Fsp3) is 0.435. The van der Waals surface area contributed by atoms with Gasteiger partial charge in [-0.2, -0.15) is 0 Å². The van der Waals surface area contributed by atoms with E-state index in [1.165, 1.54) is 28.8 Å². The van der Waals surface area contributed by atoms with Crippen LogP contribution in [0.3, 0.4) is 0 Å². The summed E-state index contributed by atoms with van der Waals surface area (Å²) in [6.45, 7) is 11.7. The Labute approximate surface area is 162 Å². The van der Waals surface area contributed by atoms with Crippen molar-refractivity contribution in [3.63, 3.8) is 0 Å². The zero-order chi connectivity index (χ0) is 19.6. The first-order valence-electron chi connectivity index (χ1n) is 9.67. The normalized spacial score (nSPS) is 14.6. The van der Waals surface area contributed by atoms with E-state index in [1.54, 1.807) is 4.90 Å². The molecular formula is C23H30N2O2. The van der Waals surface area contributed by atoms with Gasteiger partial charge >= 0.3 is 6.09 Å². The van der Waals surface area contributed by atoms with E-state index < -0.39 is 5.60 Å². The molecular weight excluding hydrogens is 336 g/mol. The number of aryl methyl sites for hydroxylation is 2. The Morgan fingerprint density at radius 3 is 2.33 bits per heavy atom. The van der Waals surface area contributed by atoms with Gasteiger partial charge in [0, 0.05) is 18.8 Å². The fourth-order valence-electron chi connectivity index (χ4n) is 3.66. The Morgan fingerprint density at radius 2 is 1.67 bits per heavy atom. The van der Waals surface area contributed by atoms with Crippen LogP contribution in [0.5, 0.6) is 0 Å². The van der Waals surface area contributed by atoms with Crippen molar-refractivity contribution in [1.29, 1.82) is 0 Å². The number of amides is 1. The number of nitrogens with zero attached hydrogens (tertiary/aromatic N) is 1. The summed E-state index contributed by atoms with van der Waals surface area (Å²) in [5, 5.41) is 3.37. The second-order valence-corrected chi connectivity index (χ2v) is 8.25. The molecule has 144 valence electrons. The first kappa shape index (κ1) is 19.3. The molecule has 0 aromatic heterocycles. The van der Waals surface area contributed by atoms with E-state index in [2.05, 4.69) is 36.5 Å². The molecule has 0 radical (unpaired) electrons. The van der Waals surface area contributed by atoms with Crippen LogP contribution in [-0.4, -0.2) is 24.8 Å². The van der Waals surface area contributed by atoms with E-state index in [0.29, 0.717) is 0 Å². The molecule has 0 bridgehead atoms. The third-order valence-corrected chi connectivity index (χ3v) is 4.87. The molecule has 0 atom stereocenters. The highest BCUT2D eigenvalue weighted by atomic mass is 16.6. The molecule has 4 rings (SSSR count). The van der Waals surface area contributed by atoms with E-state index in [9.17, 15) is 4.79 Å². The molecule has 4 nitrogen and oxygen atoms in total. The van der Waals surface area contributed by atoms with E-state index in [0.717, 1.165) is 30.8 Å². The molecule has 0 unspecified atom stereocenters. The molecule has 4 heteroatoms. The number of carbonyl (C=O) groups excluding carboxylic acids is 1. The van der Waals surface area contributed by atoms with Crippen LogP contribution in [0.25, 0.3) is 0 Å². The van der Waals surface area contributed by atoms with Crippen LogP contribution < -0.4 is 10.2 Å². The minimum atomic E-state index is -0.442. The van der Waals surface area contributed by atoms with Gasteiger partial charge in [-0.15, -0.1) is 0 Å². The maximum atomic E-state index is 12.1. The van der Waals surface area contributed by atoms with Crippen LogP contribution in [0.2, 0.25) is 0 Å². The second kappa shape index (κ2) is 7.63. The molecule has 2 aromatic rings. The molecule has 2 heterocycles. The molecule has 1 amide bonds. The number of nitrogens with one attached hydrogen (secondary N) is 1. The maximum Gasteiger partial charge on any atom is 0.414 e. The quantitative estimate of drug-likeness (QED) is 0.692. The molecule has 2 aliphatic rings. The molecule has 2 aliphatic heterocycles. The van der Waals surface area contributed by atoms with E-state index >= 15 is 0 Å². The lowest BCUT2D eigenvalue weighted by atomic mass is 10.1. The van der Waals surface area contributed by atoms with Gasteiger partial charge in [0.25, 0.3) is 0 Å². The van der Waals surface area contributed by atoms with E-state index in [1.807, 2.05) is 39.8 Å². The summed E-state index contributed by atoms with van der Waals surface area (Å²) in [4.78, 5) is 13.8. The van der Waals surface area contributed by atoms with Gasteiger partial charge in [-0.25, -0.2) is 4.79 Å². The lowest BCUT2D eigenvalue weighted by Crippen LogP contribution is -2.36. The fourth-order valence-corrected chi connectivity index (χ4v) is 3.66. The summed E-state index contributed by atoms with van der Waals surface area (Å²) in [6, 6.07) is 12.6. The van der Waals surface area contributed by atoms with Crippen molar-refractivity contribution in [1.82, 2.24) is 0 Å². The largest absolute Gasteiger partial charge is 0.443 e. The zero-order valence-corrected chi connectivity index (χ0v) is 17.1. The third kappa shape index (κ3) is 4.44. The van der Waals surface area contributed by atoms with Crippen molar-refractivity contribution in [2.45, 2.75) is 53.1 Å². The van der Waals surface area contributed by atoms with Gasteiger partial charge in [-0.3, -0.25) is 4.90 Å². The number of ether oxygens (including phenoxy) is 1. The number of carbonyl (C=O) groups is 1. The topological polar surface area (TPSA) is 41.6 Å². The predicted octanol–water partition coefficient (Wildman–Crippen LogP) is 5.26. The molecule has 1 N–H and O–H groups in total. The van der Waals surface area contributed by atoms with Crippen molar-refractivity contribution in [2.24, 2.45) is 0 Å². The molecule has 0 spiro atoms. The average Bonchev–Trinajstić information content (AvgIpc) is 3.21. The summed E-state index contributed by atoms with van der Waals surface area (Å²) in [7, 11) is 0. The van der Waals surface area contributed by atoms with Gasteiger partial charge in [0.05, 0.1) is 5.69 Å². The number of benzene rings is 2. The highest BCUT2D eigenvalue weighted by Gasteiger charge is 2.29. The number of fused-ring (bicyclic) bond motifs is 2. The monoisotopic (exact) mass is 366 g/mol. The van der Waals surface area contributed by atoms with Gasteiger partial charge < -0.3 is 10.1 Å². The van der Waals surface area contributed by atoms with Crippen molar-refractivity contribution in [2.75, 3.05) is 23.3 Å². The van der Waals surface area contributed by atoms with Crippen LogP contribution in [0.15, 0.2) is 36.4 Å². The molecule has 0 saturated heterocycles. The summed E-state index contributed by atoms with van der Waals surface area (Å²) in [5.41, 5.74) is 7.16. The summed E-state index contributed by atoms with van der Waals surface area (Å²) >= 11 is 0. The number of rotatable bonds is 0. The Balaban J connectivity index is 0.000000177. The van der Waals surface area contributed by atoms with E-state index in [-0.39, 0.29) is 6.09 Å². The van der Waals surface area contributed by atoms with Crippen LogP contribution in [0.4, 0.5) is 16.2 Å². The number of para-hydroxylation sites is 2. The number of hydrogen-bond acceptors (Lipinski definition) is 3. The highest BCUT2D eigenvalue weighted by Crippen LogP contribution is 2.32. The van der Waals surface area contributed by atoms with Crippen LogP contribution in [-0.2, 0) is 17.6 Å². The van der Waals surface area contributed by atoms with Crippen LogP contribution in [0.1, 0.15) is 43.0 Å². The van der Waals surface area contributed by atoms with Crippen molar-refractivity contribution >= 4 is 17.5 Å². The lowest BCUT2D eigenvalue weighted by molar-refractivity contribution is 0.0584. The standard InChI is InChI=1S/C14H19NO2.C9H11N/c1-10-6-5-7-11-8-9-15(12(10)11)13(16)17-14(2,3)4;1-7-3-2-4-8-5-6-10-9(7)8/h5-7H,8-9H2,1-4H3;2-4,10H,5-6H2,1H3. The number of anilines is 2. The maximum absolute atomic E-state index is 12.1. The van der Waals surface area contributed by atoms with Gasteiger partial charge in [0.2, 0.25) is 0 Å². The number of hydrogen-bond donors (Lipinski definition) is 1. The Morgan fingerprint density at radius 1 is 1.00 bits per heavy atom. The summed E-state index contributed by atoms with van der Waals surface area (Å²) < 4.78 is 5.42. The summed E-state index contributed by atoms with van der Waals surface area (Å²) in [6.07, 6.45) is 1.86. The molecule has 0 fully saturated rings.